The molecule has 1 aliphatic heterocycles. The summed E-state index contributed by atoms with van der Waals surface area (Å²) < 4.78 is 41.4. The van der Waals surface area contributed by atoms with Gasteiger partial charge in [-0.1, -0.05) is 24.3 Å². The zero-order valence-electron chi connectivity index (χ0n) is 15.6. The van der Waals surface area contributed by atoms with Crippen molar-refractivity contribution in [1.82, 2.24) is 9.88 Å². The van der Waals surface area contributed by atoms with Crippen LogP contribution in [0, 0.1) is 11.7 Å². The minimum absolute atomic E-state index is 0.00757. The molecule has 1 aromatic heterocycles. The number of sulfonamides is 1. The van der Waals surface area contributed by atoms with E-state index in [0.29, 0.717) is 5.13 Å². The fraction of sp³-hybridized carbons (Fsp3) is 0.350. The van der Waals surface area contributed by atoms with E-state index in [2.05, 4.69) is 33.7 Å². The Morgan fingerprint density at radius 3 is 2.61 bits per heavy atom. The number of hydrogen-bond acceptors (Lipinski definition) is 5. The second kappa shape index (κ2) is 7.77. The van der Waals surface area contributed by atoms with Crippen molar-refractivity contribution in [3.05, 3.63) is 53.8 Å². The maximum atomic E-state index is 13.0. The summed E-state index contributed by atoms with van der Waals surface area (Å²) in [6.07, 6.45) is 2.47. The van der Waals surface area contributed by atoms with Gasteiger partial charge >= 0.3 is 0 Å². The van der Waals surface area contributed by atoms with Gasteiger partial charge in [0.2, 0.25) is 0 Å². The van der Waals surface area contributed by atoms with Crippen LogP contribution in [0.5, 0.6) is 0 Å². The second-order valence-electron chi connectivity index (χ2n) is 7.34. The number of piperidine rings is 1. The second-order valence-corrected chi connectivity index (χ2v) is 10.1. The van der Waals surface area contributed by atoms with Crippen molar-refractivity contribution in [3.8, 4) is 0 Å². The highest BCUT2D eigenvalue weighted by Gasteiger charge is 2.18. The molecule has 0 bridgehead atoms. The van der Waals surface area contributed by atoms with E-state index in [-0.39, 0.29) is 4.90 Å². The van der Waals surface area contributed by atoms with Crippen molar-refractivity contribution in [2.75, 3.05) is 17.8 Å². The van der Waals surface area contributed by atoms with Gasteiger partial charge in [0.25, 0.3) is 10.0 Å². The van der Waals surface area contributed by atoms with E-state index in [0.717, 1.165) is 47.9 Å². The smallest absolute Gasteiger partial charge is 0.263 e. The minimum atomic E-state index is -3.79. The molecule has 0 radical (unpaired) electrons. The standard InChI is InChI=1S/C20H22FN3O2S2/c1-14-8-10-24(11-9-14)13-15-2-7-18-19(12-15)27-20(22-18)23-28(25,26)17-5-3-16(21)4-6-17/h2-7,12,14H,8-11,13H2,1H3,(H,22,23). The van der Waals surface area contributed by atoms with E-state index in [4.69, 9.17) is 0 Å². The van der Waals surface area contributed by atoms with Gasteiger partial charge in [0.15, 0.2) is 5.13 Å². The first-order valence-corrected chi connectivity index (χ1v) is 11.6. The molecule has 2 aromatic carbocycles. The Balaban J connectivity index is 1.50. The number of hydrogen-bond donors (Lipinski definition) is 1. The maximum Gasteiger partial charge on any atom is 0.263 e. The van der Waals surface area contributed by atoms with Crippen LogP contribution >= 0.6 is 11.3 Å². The van der Waals surface area contributed by atoms with Gasteiger partial charge in [-0.3, -0.25) is 9.62 Å². The highest BCUT2D eigenvalue weighted by atomic mass is 32.2. The Bertz CT molecular complexity index is 1070. The van der Waals surface area contributed by atoms with Crippen molar-refractivity contribution in [2.45, 2.75) is 31.2 Å². The molecule has 0 spiro atoms. The molecule has 0 aliphatic carbocycles. The van der Waals surface area contributed by atoms with Gasteiger partial charge in [-0.05, 0) is 73.8 Å². The summed E-state index contributed by atoms with van der Waals surface area (Å²) in [6, 6.07) is 10.8. The van der Waals surface area contributed by atoms with Crippen LogP contribution in [0.1, 0.15) is 25.3 Å². The third-order valence-corrected chi connectivity index (χ3v) is 7.50. The summed E-state index contributed by atoms with van der Waals surface area (Å²) in [6.45, 7) is 5.43. The number of benzene rings is 2. The van der Waals surface area contributed by atoms with Gasteiger partial charge in [-0.2, -0.15) is 0 Å². The van der Waals surface area contributed by atoms with Crippen LogP contribution < -0.4 is 4.72 Å². The zero-order chi connectivity index (χ0) is 19.7. The molecule has 3 aromatic rings. The van der Waals surface area contributed by atoms with Crippen LogP contribution in [-0.2, 0) is 16.6 Å². The molecule has 1 saturated heterocycles. The first-order valence-electron chi connectivity index (χ1n) is 9.29. The lowest BCUT2D eigenvalue weighted by Gasteiger charge is -2.30. The number of thiazole rings is 1. The molecule has 2 heterocycles. The molecule has 1 aliphatic rings. The van der Waals surface area contributed by atoms with E-state index in [9.17, 15) is 12.8 Å². The number of likely N-dealkylation sites (tertiary alicyclic amines) is 1. The number of aromatic nitrogens is 1. The largest absolute Gasteiger partial charge is 0.299 e. The minimum Gasteiger partial charge on any atom is -0.299 e. The van der Waals surface area contributed by atoms with Gasteiger partial charge in [0.05, 0.1) is 15.1 Å². The van der Waals surface area contributed by atoms with E-state index in [1.807, 2.05) is 6.07 Å². The fourth-order valence-corrected chi connectivity index (χ4v) is 5.54. The van der Waals surface area contributed by atoms with Gasteiger partial charge in [0, 0.05) is 6.54 Å². The Kier molecular flexibility index (Phi) is 5.35. The summed E-state index contributed by atoms with van der Waals surface area (Å²) in [5.74, 6) is 0.326. The quantitative estimate of drug-likeness (QED) is 0.663. The molecule has 8 heteroatoms. The van der Waals surface area contributed by atoms with Crippen molar-refractivity contribution in [1.29, 1.82) is 0 Å². The number of anilines is 1. The molecule has 148 valence electrons. The van der Waals surface area contributed by atoms with Gasteiger partial charge < -0.3 is 0 Å². The molecule has 1 N–H and O–H groups in total. The van der Waals surface area contributed by atoms with Crippen LogP contribution in [0.3, 0.4) is 0 Å². The molecule has 1 fully saturated rings. The Morgan fingerprint density at radius 1 is 1.18 bits per heavy atom. The zero-order valence-corrected chi connectivity index (χ0v) is 17.2. The molecular formula is C20H22FN3O2S2. The summed E-state index contributed by atoms with van der Waals surface area (Å²) in [4.78, 5) is 6.85. The third kappa shape index (κ3) is 4.34. The Morgan fingerprint density at radius 2 is 1.89 bits per heavy atom. The summed E-state index contributed by atoms with van der Waals surface area (Å²) in [7, 11) is -3.79. The molecule has 28 heavy (non-hydrogen) atoms. The predicted octanol–water partition coefficient (Wildman–Crippen LogP) is 4.47. The highest BCUT2D eigenvalue weighted by molar-refractivity contribution is 7.93. The number of nitrogens with one attached hydrogen (secondary N) is 1. The summed E-state index contributed by atoms with van der Waals surface area (Å²) in [5.41, 5.74) is 1.97. The van der Waals surface area contributed by atoms with Crippen LogP contribution in [-0.4, -0.2) is 31.4 Å². The van der Waals surface area contributed by atoms with Gasteiger partial charge in [-0.15, -0.1) is 0 Å². The molecule has 0 unspecified atom stereocenters. The Labute approximate surface area is 168 Å². The molecule has 0 saturated carbocycles. The van der Waals surface area contributed by atoms with Crippen molar-refractivity contribution < 1.29 is 12.8 Å². The topological polar surface area (TPSA) is 62.3 Å². The number of fused-ring (bicyclic) bond motifs is 1. The average Bonchev–Trinajstić information content (AvgIpc) is 3.04. The molecule has 0 amide bonds. The van der Waals surface area contributed by atoms with Crippen LogP contribution in [0.15, 0.2) is 47.4 Å². The van der Waals surface area contributed by atoms with E-state index >= 15 is 0 Å². The first-order chi connectivity index (χ1) is 13.4. The number of rotatable bonds is 5. The first kappa shape index (κ1) is 19.3. The van der Waals surface area contributed by atoms with Crippen LogP contribution in [0.25, 0.3) is 10.2 Å². The van der Waals surface area contributed by atoms with Gasteiger partial charge in [-0.25, -0.2) is 17.8 Å². The van der Waals surface area contributed by atoms with E-state index in [1.54, 1.807) is 0 Å². The SMILES string of the molecule is CC1CCN(Cc2ccc3nc(NS(=O)(=O)c4ccc(F)cc4)sc3c2)CC1. The normalized spacial score (nSPS) is 16.5. The van der Waals surface area contributed by atoms with Crippen molar-refractivity contribution in [3.63, 3.8) is 0 Å². The van der Waals surface area contributed by atoms with E-state index < -0.39 is 15.8 Å². The van der Waals surface area contributed by atoms with Crippen LogP contribution in [0.2, 0.25) is 0 Å². The summed E-state index contributed by atoms with van der Waals surface area (Å²) in [5, 5.41) is 0.309. The molecular weight excluding hydrogens is 397 g/mol. The maximum absolute atomic E-state index is 13.0. The lowest BCUT2D eigenvalue weighted by Crippen LogP contribution is -2.32. The van der Waals surface area contributed by atoms with Gasteiger partial charge in [0.1, 0.15) is 5.82 Å². The molecule has 5 nitrogen and oxygen atoms in total. The third-order valence-electron chi connectivity index (χ3n) is 5.08. The monoisotopic (exact) mass is 419 g/mol. The average molecular weight is 420 g/mol. The summed E-state index contributed by atoms with van der Waals surface area (Å²) >= 11 is 1.30. The number of nitrogens with zero attached hydrogens (tertiary/aromatic N) is 2. The lowest BCUT2D eigenvalue weighted by molar-refractivity contribution is 0.185. The Hall–Kier alpha value is -2.03. The van der Waals surface area contributed by atoms with E-state index in [1.165, 1.54) is 41.9 Å². The fourth-order valence-electron chi connectivity index (χ4n) is 3.38. The molecule has 4 rings (SSSR count). The molecule has 0 atom stereocenters. The van der Waals surface area contributed by atoms with Crippen LogP contribution in [0.4, 0.5) is 9.52 Å². The van der Waals surface area contributed by atoms with Crippen molar-refractivity contribution >= 4 is 36.7 Å². The number of halogens is 1. The lowest BCUT2D eigenvalue weighted by atomic mass is 9.99. The van der Waals surface area contributed by atoms with Crippen molar-refractivity contribution in [2.24, 2.45) is 5.92 Å². The predicted molar refractivity (Wildman–Crippen MR) is 111 cm³/mol. The highest BCUT2D eigenvalue weighted by Crippen LogP contribution is 2.29.